The van der Waals surface area contributed by atoms with Gasteiger partial charge in [0.1, 0.15) is 5.52 Å². The van der Waals surface area contributed by atoms with E-state index < -0.39 is 5.41 Å². The molecule has 1 heterocycles. The van der Waals surface area contributed by atoms with Crippen molar-refractivity contribution in [2.24, 2.45) is 5.41 Å². The number of hydrogen-bond acceptors (Lipinski definition) is 4. The molecule has 0 saturated heterocycles. The van der Waals surface area contributed by atoms with E-state index in [0.717, 1.165) is 16.8 Å². The monoisotopic (exact) mass is 381 g/mol. The highest BCUT2D eigenvalue weighted by Crippen LogP contribution is 2.27. The average molecular weight is 382 g/mol. The van der Waals surface area contributed by atoms with E-state index in [1.165, 1.54) is 11.1 Å². The number of oxazole rings is 1. The molecular formula is C21H23N3O2S. The number of rotatable bonds is 2. The minimum atomic E-state index is -0.511. The molecule has 0 unspecified atom stereocenters. The zero-order chi connectivity index (χ0) is 19.8. The van der Waals surface area contributed by atoms with E-state index in [1.54, 1.807) is 0 Å². The molecule has 0 aliphatic carbocycles. The number of anilines is 1. The number of thiocarbonyl (C=S) groups is 1. The Morgan fingerprint density at radius 3 is 2.48 bits per heavy atom. The van der Waals surface area contributed by atoms with Gasteiger partial charge >= 0.3 is 0 Å². The molecule has 0 aliphatic rings. The summed E-state index contributed by atoms with van der Waals surface area (Å²) in [6, 6.07) is 11.7. The molecule has 1 aromatic heterocycles. The molecule has 0 aliphatic heterocycles. The van der Waals surface area contributed by atoms with Crippen molar-refractivity contribution in [3.05, 3.63) is 47.5 Å². The number of carbonyl (C=O) groups is 1. The summed E-state index contributed by atoms with van der Waals surface area (Å²) in [7, 11) is 0. The lowest BCUT2D eigenvalue weighted by Crippen LogP contribution is -2.41. The summed E-state index contributed by atoms with van der Waals surface area (Å²) < 4.78 is 5.88. The van der Waals surface area contributed by atoms with Gasteiger partial charge in [-0.05, 0) is 67.5 Å². The topological polar surface area (TPSA) is 67.2 Å². The van der Waals surface area contributed by atoms with E-state index in [-0.39, 0.29) is 11.0 Å². The van der Waals surface area contributed by atoms with Crippen molar-refractivity contribution in [2.75, 3.05) is 5.32 Å². The number of aromatic nitrogens is 1. The largest absolute Gasteiger partial charge is 0.436 e. The standard InChI is InChI=1S/C21H23N3O2S/c1-12-6-7-14(10-13(12)2)18-23-16-11-15(8-9-17(16)26-18)22-20(27)24-19(25)21(3,4)5/h6-11H,1-5H3,(H2,22,24,25,27). The molecule has 3 rings (SSSR count). The van der Waals surface area contributed by atoms with Crippen molar-refractivity contribution in [3.63, 3.8) is 0 Å². The highest BCUT2D eigenvalue weighted by Gasteiger charge is 2.22. The minimum absolute atomic E-state index is 0.139. The van der Waals surface area contributed by atoms with Gasteiger partial charge < -0.3 is 15.1 Å². The quantitative estimate of drug-likeness (QED) is 0.614. The molecule has 0 bridgehead atoms. The van der Waals surface area contributed by atoms with E-state index >= 15 is 0 Å². The Morgan fingerprint density at radius 2 is 1.81 bits per heavy atom. The summed E-state index contributed by atoms with van der Waals surface area (Å²) in [5.74, 6) is 0.438. The third-order valence-corrected chi connectivity index (χ3v) is 4.51. The van der Waals surface area contributed by atoms with Crippen LogP contribution >= 0.6 is 12.2 Å². The predicted octanol–water partition coefficient (Wildman–Crippen LogP) is 4.97. The number of amides is 1. The van der Waals surface area contributed by atoms with Gasteiger partial charge in [-0.25, -0.2) is 4.98 Å². The van der Waals surface area contributed by atoms with Gasteiger partial charge in [-0.2, -0.15) is 0 Å². The zero-order valence-corrected chi connectivity index (χ0v) is 17.0. The van der Waals surface area contributed by atoms with Crippen molar-refractivity contribution < 1.29 is 9.21 Å². The summed E-state index contributed by atoms with van der Waals surface area (Å²) >= 11 is 5.23. The Morgan fingerprint density at radius 1 is 1.07 bits per heavy atom. The van der Waals surface area contributed by atoms with Crippen LogP contribution in [0.3, 0.4) is 0 Å². The third-order valence-electron chi connectivity index (χ3n) is 4.31. The van der Waals surface area contributed by atoms with Crippen LogP contribution in [0.15, 0.2) is 40.8 Å². The first-order valence-corrected chi connectivity index (χ1v) is 9.15. The molecule has 2 aromatic carbocycles. The number of carbonyl (C=O) groups excluding carboxylic acids is 1. The second-order valence-electron chi connectivity index (χ2n) is 7.66. The Kier molecular flexibility index (Phi) is 5.02. The van der Waals surface area contributed by atoms with E-state index in [9.17, 15) is 4.79 Å². The van der Waals surface area contributed by atoms with E-state index in [2.05, 4.69) is 41.6 Å². The molecule has 0 radical (unpaired) electrons. The SMILES string of the molecule is Cc1ccc(-c2nc3cc(NC(=S)NC(=O)C(C)(C)C)ccc3o2)cc1C. The molecule has 0 spiro atoms. The van der Waals surface area contributed by atoms with Crippen LogP contribution in [-0.2, 0) is 4.79 Å². The lowest BCUT2D eigenvalue weighted by atomic mass is 9.96. The fourth-order valence-electron chi connectivity index (χ4n) is 2.46. The Hall–Kier alpha value is -2.73. The summed E-state index contributed by atoms with van der Waals surface area (Å²) in [6.45, 7) is 9.64. The maximum absolute atomic E-state index is 12.0. The number of hydrogen-bond donors (Lipinski definition) is 2. The van der Waals surface area contributed by atoms with Gasteiger partial charge in [-0.3, -0.25) is 4.79 Å². The van der Waals surface area contributed by atoms with Crippen LogP contribution in [0.5, 0.6) is 0 Å². The molecule has 0 atom stereocenters. The van der Waals surface area contributed by atoms with Crippen molar-refractivity contribution in [1.29, 1.82) is 0 Å². The van der Waals surface area contributed by atoms with E-state index in [1.807, 2.05) is 45.0 Å². The second-order valence-corrected chi connectivity index (χ2v) is 8.07. The molecule has 0 fully saturated rings. The van der Waals surface area contributed by atoms with Gasteiger partial charge in [0.25, 0.3) is 0 Å². The van der Waals surface area contributed by atoms with Crippen LogP contribution in [0.4, 0.5) is 5.69 Å². The molecule has 0 saturated carbocycles. The molecule has 1 amide bonds. The number of nitrogens with one attached hydrogen (secondary N) is 2. The van der Waals surface area contributed by atoms with Crippen LogP contribution in [0.1, 0.15) is 31.9 Å². The molecule has 5 nitrogen and oxygen atoms in total. The van der Waals surface area contributed by atoms with Gasteiger partial charge in [0.05, 0.1) is 0 Å². The fraction of sp³-hybridized carbons (Fsp3) is 0.286. The lowest BCUT2D eigenvalue weighted by molar-refractivity contribution is -0.126. The normalized spacial score (nSPS) is 11.4. The van der Waals surface area contributed by atoms with E-state index in [0.29, 0.717) is 11.5 Å². The summed E-state index contributed by atoms with van der Waals surface area (Å²) in [6.07, 6.45) is 0. The van der Waals surface area contributed by atoms with Crippen LogP contribution in [-0.4, -0.2) is 16.0 Å². The summed E-state index contributed by atoms with van der Waals surface area (Å²) in [4.78, 5) is 16.6. The Bertz CT molecular complexity index is 1030. The molecule has 2 N–H and O–H groups in total. The first-order valence-electron chi connectivity index (χ1n) is 8.74. The zero-order valence-electron chi connectivity index (χ0n) is 16.1. The van der Waals surface area contributed by atoms with Crippen LogP contribution in [0.25, 0.3) is 22.6 Å². The Balaban J connectivity index is 1.80. The van der Waals surface area contributed by atoms with Gasteiger partial charge in [0.2, 0.25) is 11.8 Å². The predicted molar refractivity (Wildman–Crippen MR) is 113 cm³/mol. The number of benzene rings is 2. The molecule has 6 heteroatoms. The third kappa shape index (κ3) is 4.34. The van der Waals surface area contributed by atoms with Gasteiger partial charge in [0.15, 0.2) is 10.7 Å². The van der Waals surface area contributed by atoms with Gasteiger partial charge in [0, 0.05) is 16.7 Å². The van der Waals surface area contributed by atoms with Crippen LogP contribution in [0, 0.1) is 19.3 Å². The molecule has 3 aromatic rings. The summed E-state index contributed by atoms with van der Waals surface area (Å²) in [5, 5.41) is 5.97. The van der Waals surface area contributed by atoms with Crippen molar-refractivity contribution in [3.8, 4) is 11.5 Å². The summed E-state index contributed by atoms with van der Waals surface area (Å²) in [5.41, 5.74) is 5.00. The maximum atomic E-state index is 12.0. The van der Waals surface area contributed by atoms with Crippen molar-refractivity contribution >= 4 is 40.0 Å². The first-order chi connectivity index (χ1) is 12.6. The van der Waals surface area contributed by atoms with Crippen LogP contribution in [0.2, 0.25) is 0 Å². The number of nitrogens with zero attached hydrogens (tertiary/aromatic N) is 1. The molecule has 27 heavy (non-hydrogen) atoms. The average Bonchev–Trinajstić information content (AvgIpc) is 2.99. The molecule has 140 valence electrons. The van der Waals surface area contributed by atoms with Crippen molar-refractivity contribution in [1.82, 2.24) is 10.3 Å². The highest BCUT2D eigenvalue weighted by molar-refractivity contribution is 7.80. The fourth-order valence-corrected chi connectivity index (χ4v) is 2.67. The lowest BCUT2D eigenvalue weighted by Gasteiger charge is -2.18. The minimum Gasteiger partial charge on any atom is -0.436 e. The highest BCUT2D eigenvalue weighted by atomic mass is 32.1. The maximum Gasteiger partial charge on any atom is 0.231 e. The van der Waals surface area contributed by atoms with Crippen LogP contribution < -0.4 is 10.6 Å². The first kappa shape index (κ1) is 19.0. The number of fused-ring (bicyclic) bond motifs is 1. The van der Waals surface area contributed by atoms with Gasteiger partial charge in [-0.15, -0.1) is 0 Å². The van der Waals surface area contributed by atoms with E-state index in [4.69, 9.17) is 16.6 Å². The van der Waals surface area contributed by atoms with Crippen molar-refractivity contribution in [2.45, 2.75) is 34.6 Å². The smallest absolute Gasteiger partial charge is 0.231 e. The number of aryl methyl sites for hydroxylation is 2. The van der Waals surface area contributed by atoms with Gasteiger partial charge in [-0.1, -0.05) is 26.8 Å². The second kappa shape index (κ2) is 7.12. The molecular weight excluding hydrogens is 358 g/mol. The Labute approximate surface area is 164 Å².